The molecule has 2 rings (SSSR count). The number of nitrogens with zero attached hydrogens (tertiary/aromatic N) is 1. The fourth-order valence-electron chi connectivity index (χ4n) is 2.67. The van der Waals surface area contributed by atoms with E-state index >= 15 is 0 Å². The quantitative estimate of drug-likeness (QED) is 0.676. The Kier molecular flexibility index (Phi) is 6.10. The zero-order valence-corrected chi connectivity index (χ0v) is 17.6. The third-order valence-corrected chi connectivity index (χ3v) is 5.62. The number of aryl methyl sites for hydroxylation is 2. The normalized spacial score (nSPS) is 12.5. The second kappa shape index (κ2) is 7.74. The van der Waals surface area contributed by atoms with E-state index in [0.29, 0.717) is 11.4 Å². The molecule has 0 fully saturated rings. The van der Waals surface area contributed by atoms with Crippen LogP contribution in [0.3, 0.4) is 0 Å². The Balaban J connectivity index is 2.34. The lowest BCUT2D eigenvalue weighted by atomic mass is 10.1. The summed E-state index contributed by atoms with van der Waals surface area (Å²) in [6.07, 6.45) is 1.11. The first-order valence-electron chi connectivity index (χ1n) is 7.72. The first-order valence-corrected chi connectivity index (χ1v) is 10.6. The van der Waals surface area contributed by atoms with Crippen molar-refractivity contribution < 1.29 is 13.2 Å². The maximum absolute atomic E-state index is 12.6. The number of anilines is 2. The zero-order chi connectivity index (χ0) is 18.8. The van der Waals surface area contributed by atoms with Gasteiger partial charge in [-0.3, -0.25) is 9.10 Å². The number of halogens is 1. The lowest BCUT2D eigenvalue weighted by molar-refractivity contribution is -0.116. The number of benzene rings is 2. The van der Waals surface area contributed by atoms with Gasteiger partial charge in [0, 0.05) is 9.26 Å². The standard InChI is InChI=1S/C18H21IN2O3S/c1-12-9-13(2)11-17(10-12)21(25(4,23)24)14(3)18(22)20-16-7-5-15(19)6-8-16/h5-11,14H,1-4H3,(H,20,22)/t14-/m0/s1. The molecular weight excluding hydrogens is 451 g/mol. The molecule has 0 unspecified atom stereocenters. The molecule has 5 nitrogen and oxygen atoms in total. The van der Waals surface area contributed by atoms with E-state index in [4.69, 9.17) is 0 Å². The lowest BCUT2D eigenvalue weighted by Gasteiger charge is -2.28. The highest BCUT2D eigenvalue weighted by Crippen LogP contribution is 2.24. The maximum atomic E-state index is 12.6. The largest absolute Gasteiger partial charge is 0.324 e. The van der Waals surface area contributed by atoms with Crippen LogP contribution in [0.2, 0.25) is 0 Å². The van der Waals surface area contributed by atoms with Crippen molar-refractivity contribution in [3.8, 4) is 0 Å². The predicted octanol–water partition coefficient (Wildman–Crippen LogP) is 3.70. The number of rotatable bonds is 5. The van der Waals surface area contributed by atoms with Crippen LogP contribution in [-0.4, -0.2) is 26.6 Å². The van der Waals surface area contributed by atoms with Crippen molar-refractivity contribution >= 4 is 49.9 Å². The SMILES string of the molecule is Cc1cc(C)cc(N([C@@H](C)C(=O)Nc2ccc(I)cc2)S(C)(=O)=O)c1. The van der Waals surface area contributed by atoms with Crippen LogP contribution in [0.5, 0.6) is 0 Å². The summed E-state index contributed by atoms with van der Waals surface area (Å²) in [6.45, 7) is 5.38. The number of hydrogen-bond donors (Lipinski definition) is 1. The summed E-state index contributed by atoms with van der Waals surface area (Å²) < 4.78 is 26.9. The van der Waals surface area contributed by atoms with Crippen molar-refractivity contribution in [2.45, 2.75) is 26.8 Å². The summed E-state index contributed by atoms with van der Waals surface area (Å²) in [4.78, 5) is 12.6. The van der Waals surface area contributed by atoms with Crippen molar-refractivity contribution in [3.05, 3.63) is 57.2 Å². The minimum absolute atomic E-state index is 0.384. The molecule has 0 heterocycles. The van der Waals surface area contributed by atoms with Gasteiger partial charge >= 0.3 is 0 Å². The van der Waals surface area contributed by atoms with Gasteiger partial charge in [0.25, 0.3) is 0 Å². The Morgan fingerprint density at radius 3 is 2.08 bits per heavy atom. The van der Waals surface area contributed by atoms with E-state index in [1.807, 2.05) is 32.0 Å². The van der Waals surface area contributed by atoms with Crippen LogP contribution in [0.1, 0.15) is 18.1 Å². The first-order chi connectivity index (χ1) is 11.6. The Hall–Kier alpha value is -1.61. The lowest BCUT2D eigenvalue weighted by Crippen LogP contribution is -2.45. The van der Waals surface area contributed by atoms with Crippen LogP contribution < -0.4 is 9.62 Å². The average Bonchev–Trinajstić information content (AvgIpc) is 2.47. The molecule has 0 saturated carbocycles. The van der Waals surface area contributed by atoms with Crippen molar-refractivity contribution in [3.63, 3.8) is 0 Å². The van der Waals surface area contributed by atoms with Crippen molar-refractivity contribution in [1.82, 2.24) is 0 Å². The van der Waals surface area contributed by atoms with Gasteiger partial charge in [-0.25, -0.2) is 8.42 Å². The molecule has 1 N–H and O–H groups in total. The predicted molar refractivity (Wildman–Crippen MR) is 110 cm³/mol. The van der Waals surface area contributed by atoms with Gasteiger partial charge in [0.05, 0.1) is 11.9 Å². The van der Waals surface area contributed by atoms with E-state index in [0.717, 1.165) is 25.3 Å². The summed E-state index contributed by atoms with van der Waals surface area (Å²) in [5, 5.41) is 2.77. The zero-order valence-electron chi connectivity index (χ0n) is 14.6. The highest BCUT2D eigenvalue weighted by molar-refractivity contribution is 14.1. The third-order valence-electron chi connectivity index (χ3n) is 3.66. The number of nitrogens with one attached hydrogen (secondary N) is 1. The summed E-state index contributed by atoms with van der Waals surface area (Å²) >= 11 is 2.18. The van der Waals surface area contributed by atoms with Gasteiger partial charge in [-0.1, -0.05) is 6.07 Å². The van der Waals surface area contributed by atoms with Crippen molar-refractivity contribution in [2.75, 3.05) is 15.9 Å². The summed E-state index contributed by atoms with van der Waals surface area (Å²) in [5.74, 6) is -0.384. The molecule has 134 valence electrons. The Bertz CT molecular complexity index is 859. The fraction of sp³-hybridized carbons (Fsp3) is 0.278. The second-order valence-electron chi connectivity index (χ2n) is 6.08. The van der Waals surface area contributed by atoms with Crippen LogP contribution in [0.15, 0.2) is 42.5 Å². The van der Waals surface area contributed by atoms with Gasteiger partial charge < -0.3 is 5.32 Å². The molecule has 1 amide bonds. The molecule has 7 heteroatoms. The van der Waals surface area contributed by atoms with Gasteiger partial charge in [-0.05, 0) is 90.9 Å². The molecule has 0 radical (unpaired) electrons. The van der Waals surface area contributed by atoms with Crippen LogP contribution in [0.4, 0.5) is 11.4 Å². The van der Waals surface area contributed by atoms with Gasteiger partial charge in [0.15, 0.2) is 0 Å². The molecule has 0 saturated heterocycles. The van der Waals surface area contributed by atoms with E-state index in [-0.39, 0.29) is 5.91 Å². The number of amides is 1. The van der Waals surface area contributed by atoms with E-state index in [1.54, 1.807) is 31.2 Å². The Morgan fingerprint density at radius 1 is 1.08 bits per heavy atom. The molecule has 0 spiro atoms. The molecule has 25 heavy (non-hydrogen) atoms. The third kappa shape index (κ3) is 5.18. The topological polar surface area (TPSA) is 66.5 Å². The molecular formula is C18H21IN2O3S. The van der Waals surface area contributed by atoms with Crippen LogP contribution in [0.25, 0.3) is 0 Å². The molecule has 1 atom stereocenters. The number of sulfonamides is 1. The summed E-state index contributed by atoms with van der Waals surface area (Å²) in [6, 6.07) is 11.9. The number of carbonyl (C=O) groups is 1. The van der Waals surface area contributed by atoms with E-state index < -0.39 is 16.1 Å². The van der Waals surface area contributed by atoms with Crippen LogP contribution in [-0.2, 0) is 14.8 Å². The van der Waals surface area contributed by atoms with Gasteiger partial charge in [-0.15, -0.1) is 0 Å². The minimum Gasteiger partial charge on any atom is -0.324 e. The van der Waals surface area contributed by atoms with Gasteiger partial charge in [-0.2, -0.15) is 0 Å². The second-order valence-corrected chi connectivity index (χ2v) is 9.18. The van der Waals surface area contributed by atoms with E-state index in [2.05, 4.69) is 27.9 Å². The van der Waals surface area contributed by atoms with E-state index in [1.165, 1.54) is 0 Å². The van der Waals surface area contributed by atoms with Crippen molar-refractivity contribution in [1.29, 1.82) is 0 Å². The van der Waals surface area contributed by atoms with Crippen molar-refractivity contribution in [2.24, 2.45) is 0 Å². The molecule has 0 aliphatic heterocycles. The van der Waals surface area contributed by atoms with Crippen LogP contribution >= 0.6 is 22.6 Å². The molecule has 0 aliphatic carbocycles. The molecule has 0 bridgehead atoms. The van der Waals surface area contributed by atoms with E-state index in [9.17, 15) is 13.2 Å². The maximum Gasteiger partial charge on any atom is 0.247 e. The fourth-order valence-corrected chi connectivity index (χ4v) is 4.18. The molecule has 2 aromatic carbocycles. The highest BCUT2D eigenvalue weighted by Gasteiger charge is 2.29. The molecule has 0 aromatic heterocycles. The Morgan fingerprint density at radius 2 is 1.60 bits per heavy atom. The monoisotopic (exact) mass is 472 g/mol. The van der Waals surface area contributed by atoms with Gasteiger partial charge in [0.1, 0.15) is 6.04 Å². The molecule has 0 aliphatic rings. The number of carbonyl (C=O) groups excluding carboxylic acids is 1. The molecule has 2 aromatic rings. The Labute approximate surface area is 162 Å². The minimum atomic E-state index is -3.62. The first kappa shape index (κ1) is 19.7. The summed E-state index contributed by atoms with van der Waals surface area (Å²) in [5.41, 5.74) is 3.00. The number of hydrogen-bond acceptors (Lipinski definition) is 3. The van der Waals surface area contributed by atoms with Crippen LogP contribution in [0, 0.1) is 17.4 Å². The highest BCUT2D eigenvalue weighted by atomic mass is 127. The average molecular weight is 472 g/mol. The smallest absolute Gasteiger partial charge is 0.247 e. The van der Waals surface area contributed by atoms with Gasteiger partial charge in [0.2, 0.25) is 15.9 Å². The summed E-state index contributed by atoms with van der Waals surface area (Å²) in [7, 11) is -3.62.